The number of hydrogen-bond donors (Lipinski definition) is 1. The van der Waals surface area contributed by atoms with Crippen LogP contribution in [0.3, 0.4) is 0 Å². The van der Waals surface area contributed by atoms with Crippen molar-refractivity contribution < 1.29 is 17.2 Å². The van der Waals surface area contributed by atoms with Crippen LogP contribution in [0.4, 0.5) is 8.78 Å². The third-order valence-corrected chi connectivity index (χ3v) is 5.42. The van der Waals surface area contributed by atoms with Crippen molar-refractivity contribution in [1.29, 1.82) is 0 Å². The maximum absolute atomic E-state index is 13.2. The van der Waals surface area contributed by atoms with Gasteiger partial charge in [-0.15, -0.1) is 0 Å². The smallest absolute Gasteiger partial charge is 0.212 e. The van der Waals surface area contributed by atoms with E-state index >= 15 is 0 Å². The molecule has 3 nitrogen and oxygen atoms in total. The van der Waals surface area contributed by atoms with E-state index < -0.39 is 32.9 Å². The lowest BCUT2D eigenvalue weighted by Gasteiger charge is -2.20. The van der Waals surface area contributed by atoms with Crippen LogP contribution in [0.25, 0.3) is 0 Å². The molecular weight excluding hydrogens is 284 g/mol. The number of halogens is 2. The molecule has 2 atom stereocenters. The summed E-state index contributed by atoms with van der Waals surface area (Å²) in [7, 11) is -3.47. The lowest BCUT2D eigenvalue weighted by molar-refractivity contribution is 0.503. The minimum Gasteiger partial charge on any atom is -0.212 e. The topological polar surface area (TPSA) is 46.2 Å². The fourth-order valence-corrected chi connectivity index (χ4v) is 3.90. The fourth-order valence-electron chi connectivity index (χ4n) is 2.09. The van der Waals surface area contributed by atoms with E-state index in [1.165, 1.54) is 6.07 Å². The molecule has 2 unspecified atom stereocenters. The number of nitrogens with one attached hydrogen (secondary N) is 1. The summed E-state index contributed by atoms with van der Waals surface area (Å²) in [6, 6.07) is 2.80. The summed E-state index contributed by atoms with van der Waals surface area (Å²) in [5, 5.41) is -0.458. The SMILES string of the molecule is CCCC(CC)S(=O)(=O)NC(C)c1ccc(F)c(F)c1. The van der Waals surface area contributed by atoms with Gasteiger partial charge in [0.15, 0.2) is 11.6 Å². The molecule has 0 heterocycles. The van der Waals surface area contributed by atoms with E-state index in [2.05, 4.69) is 4.72 Å². The van der Waals surface area contributed by atoms with Gasteiger partial charge in [0.05, 0.1) is 5.25 Å². The van der Waals surface area contributed by atoms with Crippen molar-refractivity contribution in [2.45, 2.75) is 51.3 Å². The molecule has 20 heavy (non-hydrogen) atoms. The van der Waals surface area contributed by atoms with E-state index in [4.69, 9.17) is 0 Å². The molecule has 0 saturated heterocycles. The molecule has 6 heteroatoms. The molecule has 1 rings (SSSR count). The van der Waals surface area contributed by atoms with Crippen molar-refractivity contribution >= 4 is 10.0 Å². The Hall–Kier alpha value is -1.01. The van der Waals surface area contributed by atoms with Crippen molar-refractivity contribution in [1.82, 2.24) is 4.72 Å². The average Bonchev–Trinajstić information content (AvgIpc) is 2.38. The Morgan fingerprint density at radius 2 is 1.85 bits per heavy atom. The Labute approximate surface area is 119 Å². The van der Waals surface area contributed by atoms with Gasteiger partial charge < -0.3 is 0 Å². The van der Waals surface area contributed by atoms with Crippen LogP contribution in [-0.4, -0.2) is 13.7 Å². The van der Waals surface area contributed by atoms with Gasteiger partial charge >= 0.3 is 0 Å². The molecule has 0 fully saturated rings. The highest BCUT2D eigenvalue weighted by Crippen LogP contribution is 2.19. The first-order valence-electron chi connectivity index (χ1n) is 6.77. The highest BCUT2D eigenvalue weighted by molar-refractivity contribution is 7.90. The molecule has 0 bridgehead atoms. The summed E-state index contributed by atoms with van der Waals surface area (Å²) < 4.78 is 53.0. The van der Waals surface area contributed by atoms with Crippen LogP contribution >= 0.6 is 0 Å². The molecule has 0 radical (unpaired) electrons. The Balaban J connectivity index is 2.88. The summed E-state index contributed by atoms with van der Waals surface area (Å²) in [6.07, 6.45) is 1.88. The van der Waals surface area contributed by atoms with Crippen LogP contribution in [-0.2, 0) is 10.0 Å². The quantitative estimate of drug-likeness (QED) is 0.837. The number of benzene rings is 1. The van der Waals surface area contributed by atoms with Crippen molar-refractivity contribution in [2.75, 3.05) is 0 Å². The summed E-state index contributed by atoms with van der Waals surface area (Å²) in [5.41, 5.74) is 0.402. The Kier molecular flexibility index (Phi) is 6.07. The van der Waals surface area contributed by atoms with E-state index in [0.29, 0.717) is 18.4 Å². The molecular formula is C14H21F2NO2S. The van der Waals surface area contributed by atoms with Crippen molar-refractivity contribution in [3.05, 3.63) is 35.4 Å². The highest BCUT2D eigenvalue weighted by atomic mass is 32.2. The molecule has 0 saturated carbocycles. The normalized spacial score (nSPS) is 15.1. The lowest BCUT2D eigenvalue weighted by atomic mass is 10.1. The molecule has 1 aromatic rings. The number of hydrogen-bond acceptors (Lipinski definition) is 2. The van der Waals surface area contributed by atoms with E-state index in [9.17, 15) is 17.2 Å². The zero-order valence-corrected chi connectivity index (χ0v) is 12.8. The van der Waals surface area contributed by atoms with Crippen LogP contribution < -0.4 is 4.72 Å². The maximum Gasteiger partial charge on any atom is 0.215 e. The minimum absolute atomic E-state index is 0.402. The van der Waals surface area contributed by atoms with E-state index in [1.54, 1.807) is 6.92 Å². The predicted molar refractivity (Wildman–Crippen MR) is 75.8 cm³/mol. The van der Waals surface area contributed by atoms with Gasteiger partial charge in [-0.2, -0.15) is 0 Å². The lowest BCUT2D eigenvalue weighted by Crippen LogP contribution is -2.35. The molecule has 0 aliphatic carbocycles. The molecule has 1 N–H and O–H groups in total. The summed E-state index contributed by atoms with van der Waals surface area (Å²) in [5.74, 6) is -1.92. The van der Waals surface area contributed by atoms with Crippen LogP contribution in [0.15, 0.2) is 18.2 Å². The van der Waals surface area contributed by atoms with Gasteiger partial charge in [0.1, 0.15) is 0 Å². The van der Waals surface area contributed by atoms with Gasteiger partial charge in [0, 0.05) is 6.04 Å². The van der Waals surface area contributed by atoms with Crippen molar-refractivity contribution in [3.8, 4) is 0 Å². The largest absolute Gasteiger partial charge is 0.215 e. The van der Waals surface area contributed by atoms with Gasteiger partial charge in [0.25, 0.3) is 0 Å². The van der Waals surface area contributed by atoms with E-state index in [0.717, 1.165) is 18.6 Å². The van der Waals surface area contributed by atoms with Gasteiger partial charge in [-0.05, 0) is 37.5 Å². The van der Waals surface area contributed by atoms with Crippen LogP contribution in [0.2, 0.25) is 0 Å². The summed E-state index contributed by atoms with van der Waals surface area (Å²) in [4.78, 5) is 0. The predicted octanol–water partition coefficient (Wildman–Crippen LogP) is 3.52. The Morgan fingerprint density at radius 1 is 1.20 bits per heavy atom. The molecule has 0 aromatic heterocycles. The number of rotatable bonds is 7. The molecule has 0 spiro atoms. The van der Waals surface area contributed by atoms with Crippen LogP contribution in [0, 0.1) is 11.6 Å². The highest BCUT2D eigenvalue weighted by Gasteiger charge is 2.25. The van der Waals surface area contributed by atoms with Crippen molar-refractivity contribution in [3.63, 3.8) is 0 Å². The maximum atomic E-state index is 13.2. The Morgan fingerprint density at radius 3 is 2.35 bits per heavy atom. The monoisotopic (exact) mass is 305 g/mol. The third kappa shape index (κ3) is 4.24. The minimum atomic E-state index is -3.47. The zero-order valence-electron chi connectivity index (χ0n) is 12.0. The van der Waals surface area contributed by atoms with Crippen molar-refractivity contribution in [2.24, 2.45) is 0 Å². The standard InChI is InChI=1S/C14H21F2NO2S/c1-4-6-12(5-2)20(18,19)17-10(3)11-7-8-13(15)14(16)9-11/h7-10,12,17H,4-6H2,1-3H3. The molecule has 0 aliphatic rings. The first kappa shape index (κ1) is 17.0. The first-order valence-corrected chi connectivity index (χ1v) is 8.32. The average molecular weight is 305 g/mol. The molecule has 0 aliphatic heterocycles. The third-order valence-electron chi connectivity index (χ3n) is 3.29. The van der Waals surface area contributed by atoms with Gasteiger partial charge in [0.2, 0.25) is 10.0 Å². The summed E-state index contributed by atoms with van der Waals surface area (Å²) >= 11 is 0. The van der Waals surface area contributed by atoms with E-state index in [-0.39, 0.29) is 0 Å². The Bertz CT molecular complexity index is 546. The van der Waals surface area contributed by atoms with E-state index in [1.807, 2.05) is 13.8 Å². The number of sulfonamides is 1. The summed E-state index contributed by atoms with van der Waals surface area (Å²) in [6.45, 7) is 5.36. The van der Waals surface area contributed by atoms with Crippen LogP contribution in [0.1, 0.15) is 51.6 Å². The first-order chi connectivity index (χ1) is 9.31. The van der Waals surface area contributed by atoms with Gasteiger partial charge in [-0.25, -0.2) is 21.9 Å². The second kappa shape index (κ2) is 7.13. The molecule has 0 amide bonds. The second-order valence-electron chi connectivity index (χ2n) is 4.88. The van der Waals surface area contributed by atoms with Crippen LogP contribution in [0.5, 0.6) is 0 Å². The molecule has 1 aromatic carbocycles. The zero-order chi connectivity index (χ0) is 15.3. The van der Waals surface area contributed by atoms with Gasteiger partial charge in [-0.1, -0.05) is 26.3 Å². The second-order valence-corrected chi connectivity index (χ2v) is 6.87. The molecule has 114 valence electrons. The fraction of sp³-hybridized carbons (Fsp3) is 0.571. The van der Waals surface area contributed by atoms with Gasteiger partial charge in [-0.3, -0.25) is 0 Å².